The average molecular weight is 449 g/mol. The first-order valence-electron chi connectivity index (χ1n) is 12.6. The minimum atomic E-state index is -0.797. The predicted octanol–water partition coefficient (Wildman–Crippen LogP) is 7.07. The van der Waals surface area contributed by atoms with Gasteiger partial charge in [-0.1, -0.05) is 82.2 Å². The van der Waals surface area contributed by atoms with Crippen molar-refractivity contribution in [3.63, 3.8) is 0 Å². The summed E-state index contributed by atoms with van der Waals surface area (Å²) in [4.78, 5) is 21.9. The first kappa shape index (κ1) is 28.2. The van der Waals surface area contributed by atoms with Gasteiger partial charge in [-0.15, -0.1) is 0 Å². The summed E-state index contributed by atoms with van der Waals surface area (Å²) in [6, 6.07) is 10.4. The lowest BCUT2D eigenvalue weighted by Crippen LogP contribution is -2.16. The standard InChI is InChI=1S/C27H44O5/c1-3-4-17-25(31-22-24-15-10-9-11-16-24)18-12-7-5-6-8-13-19-26(32-23(2)28)20-14-21-27(29)30/h9-11,15-16,25-26H,3-8,12-14,17-22H2,1-2H3,(H,29,30). The number of ether oxygens (including phenoxy) is 2. The van der Waals surface area contributed by atoms with Gasteiger partial charge in [-0.05, 0) is 44.1 Å². The lowest BCUT2D eigenvalue weighted by Gasteiger charge is -2.18. The van der Waals surface area contributed by atoms with Gasteiger partial charge < -0.3 is 14.6 Å². The van der Waals surface area contributed by atoms with Crippen LogP contribution in [0.2, 0.25) is 0 Å². The molecule has 5 nitrogen and oxygen atoms in total. The molecule has 1 N–H and O–H groups in total. The highest BCUT2D eigenvalue weighted by Gasteiger charge is 2.13. The van der Waals surface area contributed by atoms with Crippen molar-refractivity contribution in [3.05, 3.63) is 35.9 Å². The van der Waals surface area contributed by atoms with E-state index in [-0.39, 0.29) is 18.5 Å². The molecule has 0 spiro atoms. The van der Waals surface area contributed by atoms with Crippen molar-refractivity contribution in [3.8, 4) is 0 Å². The number of aliphatic carboxylic acids is 1. The van der Waals surface area contributed by atoms with Crippen LogP contribution in [-0.2, 0) is 25.7 Å². The fourth-order valence-corrected chi connectivity index (χ4v) is 3.96. The normalized spacial score (nSPS) is 12.9. The monoisotopic (exact) mass is 448 g/mol. The number of hydrogen-bond acceptors (Lipinski definition) is 4. The molecule has 0 aromatic heterocycles. The van der Waals surface area contributed by atoms with Gasteiger partial charge in [-0.25, -0.2) is 0 Å². The van der Waals surface area contributed by atoms with Crippen LogP contribution in [0.25, 0.3) is 0 Å². The number of hydrogen-bond donors (Lipinski definition) is 1. The number of rotatable bonds is 20. The summed E-state index contributed by atoms with van der Waals surface area (Å²) >= 11 is 0. The molecule has 0 bridgehead atoms. The Morgan fingerprint density at radius 1 is 0.812 bits per heavy atom. The molecule has 2 unspecified atom stereocenters. The number of carboxylic acids is 1. The zero-order valence-corrected chi connectivity index (χ0v) is 20.2. The minimum Gasteiger partial charge on any atom is -0.481 e. The summed E-state index contributed by atoms with van der Waals surface area (Å²) in [6.45, 7) is 4.35. The lowest BCUT2D eigenvalue weighted by molar-refractivity contribution is -0.147. The van der Waals surface area contributed by atoms with Crippen LogP contribution in [-0.4, -0.2) is 29.3 Å². The number of carbonyl (C=O) groups is 2. The van der Waals surface area contributed by atoms with Crippen LogP contribution in [0.3, 0.4) is 0 Å². The topological polar surface area (TPSA) is 72.8 Å². The van der Waals surface area contributed by atoms with Gasteiger partial charge in [0.25, 0.3) is 0 Å². The number of benzene rings is 1. The lowest BCUT2D eigenvalue weighted by atomic mass is 10.0. The number of carbonyl (C=O) groups excluding carboxylic acids is 1. The highest BCUT2D eigenvalue weighted by molar-refractivity contribution is 5.67. The zero-order valence-electron chi connectivity index (χ0n) is 20.2. The highest BCUT2D eigenvalue weighted by atomic mass is 16.5. The second-order valence-electron chi connectivity index (χ2n) is 8.78. The molecular weight excluding hydrogens is 404 g/mol. The minimum absolute atomic E-state index is 0.131. The molecule has 0 heterocycles. The second-order valence-corrected chi connectivity index (χ2v) is 8.78. The summed E-state index contributed by atoms with van der Waals surface area (Å²) in [6.07, 6.45) is 14.0. The molecule has 32 heavy (non-hydrogen) atoms. The van der Waals surface area contributed by atoms with Gasteiger partial charge in [0.15, 0.2) is 0 Å². The van der Waals surface area contributed by atoms with Gasteiger partial charge in [0.2, 0.25) is 0 Å². The summed E-state index contributed by atoms with van der Waals surface area (Å²) in [5.41, 5.74) is 1.24. The second kappa shape index (κ2) is 18.7. The van der Waals surface area contributed by atoms with Crippen LogP contribution >= 0.6 is 0 Å². The highest BCUT2D eigenvalue weighted by Crippen LogP contribution is 2.18. The van der Waals surface area contributed by atoms with Gasteiger partial charge in [0, 0.05) is 13.3 Å². The summed E-state index contributed by atoms with van der Waals surface area (Å²) in [5, 5.41) is 8.77. The Morgan fingerprint density at radius 3 is 1.97 bits per heavy atom. The maximum Gasteiger partial charge on any atom is 0.303 e. The van der Waals surface area contributed by atoms with E-state index >= 15 is 0 Å². The zero-order chi connectivity index (χ0) is 23.4. The Labute approximate surface area is 194 Å². The molecule has 2 atom stereocenters. The fraction of sp³-hybridized carbons (Fsp3) is 0.704. The first-order chi connectivity index (χ1) is 15.5. The average Bonchev–Trinajstić information content (AvgIpc) is 2.76. The molecule has 0 aliphatic heterocycles. The van der Waals surface area contributed by atoms with Gasteiger partial charge in [-0.3, -0.25) is 9.59 Å². The van der Waals surface area contributed by atoms with E-state index in [9.17, 15) is 9.59 Å². The number of unbranched alkanes of at least 4 members (excludes halogenated alkanes) is 6. The molecule has 0 saturated carbocycles. The van der Waals surface area contributed by atoms with Crippen LogP contribution in [0, 0.1) is 0 Å². The molecule has 0 saturated heterocycles. The van der Waals surface area contributed by atoms with Crippen LogP contribution in [0.1, 0.15) is 109 Å². The third-order valence-corrected chi connectivity index (χ3v) is 5.76. The third-order valence-electron chi connectivity index (χ3n) is 5.76. The Kier molecular flexibility index (Phi) is 16.4. The van der Waals surface area contributed by atoms with Crippen molar-refractivity contribution < 1.29 is 24.2 Å². The van der Waals surface area contributed by atoms with Gasteiger partial charge in [-0.2, -0.15) is 0 Å². The molecule has 0 aliphatic rings. The predicted molar refractivity (Wildman–Crippen MR) is 129 cm³/mol. The van der Waals surface area contributed by atoms with E-state index in [0.717, 1.165) is 32.1 Å². The molecular formula is C27H44O5. The Hall–Kier alpha value is -1.88. The van der Waals surface area contributed by atoms with Gasteiger partial charge in [0.1, 0.15) is 6.10 Å². The van der Waals surface area contributed by atoms with E-state index < -0.39 is 5.97 Å². The van der Waals surface area contributed by atoms with E-state index in [1.807, 2.05) is 6.07 Å². The Balaban J connectivity index is 2.15. The van der Waals surface area contributed by atoms with Crippen molar-refractivity contribution >= 4 is 11.9 Å². The van der Waals surface area contributed by atoms with E-state index in [1.54, 1.807) is 0 Å². The largest absolute Gasteiger partial charge is 0.481 e. The van der Waals surface area contributed by atoms with E-state index in [0.29, 0.717) is 25.6 Å². The van der Waals surface area contributed by atoms with Crippen LogP contribution in [0.5, 0.6) is 0 Å². The Morgan fingerprint density at radius 2 is 1.38 bits per heavy atom. The summed E-state index contributed by atoms with van der Waals surface area (Å²) in [7, 11) is 0. The molecule has 0 aliphatic carbocycles. The van der Waals surface area contributed by atoms with Crippen molar-refractivity contribution in [2.75, 3.05) is 0 Å². The molecule has 0 radical (unpaired) electrons. The van der Waals surface area contributed by atoms with E-state index in [4.69, 9.17) is 14.6 Å². The smallest absolute Gasteiger partial charge is 0.303 e. The quantitative estimate of drug-likeness (QED) is 0.171. The molecule has 1 aromatic carbocycles. The Bertz CT molecular complexity index is 601. The van der Waals surface area contributed by atoms with Crippen molar-refractivity contribution in [1.82, 2.24) is 0 Å². The first-order valence-corrected chi connectivity index (χ1v) is 12.6. The van der Waals surface area contributed by atoms with Gasteiger partial charge in [0.05, 0.1) is 12.7 Å². The molecule has 1 aromatic rings. The molecule has 5 heteroatoms. The van der Waals surface area contributed by atoms with Gasteiger partial charge >= 0.3 is 11.9 Å². The third kappa shape index (κ3) is 15.9. The molecule has 182 valence electrons. The summed E-state index contributed by atoms with van der Waals surface area (Å²) < 4.78 is 11.5. The number of carboxylic acid groups (broad SMARTS) is 1. The SMILES string of the molecule is CCCCC(CCCCCCCCC(CCCC(=O)O)OC(C)=O)OCc1ccccc1. The molecule has 1 rings (SSSR count). The maximum absolute atomic E-state index is 11.3. The van der Waals surface area contributed by atoms with Crippen molar-refractivity contribution in [2.45, 2.75) is 123 Å². The van der Waals surface area contributed by atoms with Crippen LogP contribution in [0.4, 0.5) is 0 Å². The van der Waals surface area contributed by atoms with E-state index in [1.165, 1.54) is 51.0 Å². The van der Waals surface area contributed by atoms with Crippen LogP contribution < -0.4 is 0 Å². The molecule has 0 amide bonds. The number of esters is 1. The van der Waals surface area contributed by atoms with E-state index in [2.05, 4.69) is 31.2 Å². The molecule has 0 fully saturated rings. The van der Waals surface area contributed by atoms with Crippen molar-refractivity contribution in [2.24, 2.45) is 0 Å². The maximum atomic E-state index is 11.3. The fourth-order valence-electron chi connectivity index (χ4n) is 3.96. The van der Waals surface area contributed by atoms with Crippen LogP contribution in [0.15, 0.2) is 30.3 Å². The van der Waals surface area contributed by atoms with Crippen molar-refractivity contribution in [1.29, 1.82) is 0 Å². The summed E-state index contributed by atoms with van der Waals surface area (Å²) in [5.74, 6) is -1.08.